The molecule has 0 amide bonds. The van der Waals surface area contributed by atoms with Gasteiger partial charge in [-0.25, -0.2) is 13.4 Å². The van der Waals surface area contributed by atoms with Crippen molar-refractivity contribution in [2.24, 2.45) is 5.92 Å². The average Bonchev–Trinajstić information content (AvgIpc) is 2.06. The van der Waals surface area contributed by atoms with E-state index in [4.69, 9.17) is 5.73 Å². The Balaban J connectivity index is 3.21. The molecule has 0 aromatic carbocycles. The maximum Gasteiger partial charge on any atom is 0.182 e. The number of anilines is 1. The van der Waals surface area contributed by atoms with Gasteiger partial charge in [0.25, 0.3) is 0 Å². The minimum Gasteiger partial charge on any atom is -0.383 e. The van der Waals surface area contributed by atoms with Crippen LogP contribution >= 0.6 is 15.9 Å². The van der Waals surface area contributed by atoms with Crippen molar-refractivity contribution in [1.29, 1.82) is 0 Å². The van der Waals surface area contributed by atoms with Crippen LogP contribution in [-0.4, -0.2) is 19.2 Å². The molecule has 0 fully saturated rings. The summed E-state index contributed by atoms with van der Waals surface area (Å²) in [6.07, 6.45) is 1.48. The first-order chi connectivity index (χ1) is 6.83. The average molecular weight is 293 g/mol. The standard InChI is InChI=1S/C9H13BrN2O2S/c1-6(2)5-15(13,14)8-3-7(10)4-12-9(8)11/h3-4,6H,5H2,1-2H3,(H2,11,12). The van der Waals surface area contributed by atoms with Crippen LogP contribution in [0.2, 0.25) is 0 Å². The van der Waals surface area contributed by atoms with E-state index in [9.17, 15) is 8.42 Å². The Morgan fingerprint density at radius 1 is 1.53 bits per heavy atom. The predicted octanol–water partition coefficient (Wildman–Crippen LogP) is 1.86. The van der Waals surface area contributed by atoms with Gasteiger partial charge in [0, 0.05) is 10.7 Å². The fraction of sp³-hybridized carbons (Fsp3) is 0.444. The number of aromatic nitrogens is 1. The molecular weight excluding hydrogens is 280 g/mol. The molecule has 6 heteroatoms. The highest BCUT2D eigenvalue weighted by molar-refractivity contribution is 9.10. The summed E-state index contributed by atoms with van der Waals surface area (Å²) < 4.78 is 24.4. The summed E-state index contributed by atoms with van der Waals surface area (Å²) in [5.74, 6) is 0.197. The van der Waals surface area contributed by atoms with Crippen LogP contribution in [-0.2, 0) is 9.84 Å². The molecule has 0 bridgehead atoms. The van der Waals surface area contributed by atoms with Crippen molar-refractivity contribution in [2.45, 2.75) is 18.7 Å². The van der Waals surface area contributed by atoms with Crippen LogP contribution in [0.1, 0.15) is 13.8 Å². The molecule has 0 aliphatic rings. The van der Waals surface area contributed by atoms with E-state index in [0.717, 1.165) is 0 Å². The highest BCUT2D eigenvalue weighted by atomic mass is 79.9. The molecular formula is C9H13BrN2O2S. The van der Waals surface area contributed by atoms with Crippen molar-refractivity contribution >= 4 is 31.6 Å². The minimum absolute atomic E-state index is 0.0545. The molecule has 0 aliphatic carbocycles. The Bertz CT molecular complexity index is 457. The van der Waals surface area contributed by atoms with Gasteiger partial charge in [-0.1, -0.05) is 13.8 Å². The summed E-state index contributed by atoms with van der Waals surface area (Å²) >= 11 is 3.17. The zero-order valence-corrected chi connectivity index (χ0v) is 11.0. The first-order valence-electron chi connectivity index (χ1n) is 4.46. The van der Waals surface area contributed by atoms with Crippen LogP contribution in [0.3, 0.4) is 0 Å². The fourth-order valence-electron chi connectivity index (χ4n) is 1.21. The molecule has 1 heterocycles. The van der Waals surface area contributed by atoms with Crippen LogP contribution in [0.4, 0.5) is 5.82 Å². The van der Waals surface area contributed by atoms with Crippen molar-refractivity contribution in [3.63, 3.8) is 0 Å². The SMILES string of the molecule is CC(C)CS(=O)(=O)c1cc(Br)cnc1N. The maximum absolute atomic E-state index is 11.9. The largest absolute Gasteiger partial charge is 0.383 e. The van der Waals surface area contributed by atoms with Gasteiger partial charge in [-0.3, -0.25) is 0 Å². The molecule has 0 saturated carbocycles. The number of nitrogen functional groups attached to an aromatic ring is 1. The normalized spacial score (nSPS) is 12.0. The summed E-state index contributed by atoms with van der Waals surface area (Å²) in [6.45, 7) is 3.69. The van der Waals surface area contributed by atoms with E-state index < -0.39 is 9.84 Å². The van der Waals surface area contributed by atoms with Gasteiger partial charge in [0.1, 0.15) is 10.7 Å². The Morgan fingerprint density at radius 3 is 2.67 bits per heavy atom. The lowest BCUT2D eigenvalue weighted by Crippen LogP contribution is -2.14. The molecule has 0 atom stereocenters. The molecule has 0 saturated heterocycles. The first kappa shape index (κ1) is 12.4. The third-order valence-electron chi connectivity index (χ3n) is 1.74. The monoisotopic (exact) mass is 292 g/mol. The predicted molar refractivity (Wildman–Crippen MR) is 63.2 cm³/mol. The van der Waals surface area contributed by atoms with Crippen molar-refractivity contribution in [3.8, 4) is 0 Å². The maximum atomic E-state index is 11.9. The van der Waals surface area contributed by atoms with Gasteiger partial charge in [0.2, 0.25) is 0 Å². The zero-order chi connectivity index (χ0) is 11.6. The third kappa shape index (κ3) is 3.17. The van der Waals surface area contributed by atoms with Crippen LogP contribution in [0.5, 0.6) is 0 Å². The lowest BCUT2D eigenvalue weighted by atomic mass is 10.3. The van der Waals surface area contributed by atoms with Gasteiger partial charge in [-0.2, -0.15) is 0 Å². The summed E-state index contributed by atoms with van der Waals surface area (Å²) in [5.41, 5.74) is 5.54. The van der Waals surface area contributed by atoms with Crippen molar-refractivity contribution < 1.29 is 8.42 Å². The molecule has 0 unspecified atom stereocenters. The van der Waals surface area contributed by atoms with E-state index in [1.807, 2.05) is 13.8 Å². The lowest BCUT2D eigenvalue weighted by molar-refractivity contribution is 0.582. The summed E-state index contributed by atoms with van der Waals surface area (Å²) in [4.78, 5) is 3.91. The summed E-state index contributed by atoms with van der Waals surface area (Å²) in [7, 11) is -3.33. The van der Waals surface area contributed by atoms with Crippen LogP contribution in [0, 0.1) is 5.92 Å². The number of hydrogen-bond donors (Lipinski definition) is 1. The number of nitrogens with two attached hydrogens (primary N) is 1. The molecule has 1 aromatic rings. The zero-order valence-electron chi connectivity index (χ0n) is 8.57. The van der Waals surface area contributed by atoms with E-state index in [-0.39, 0.29) is 22.4 Å². The molecule has 0 spiro atoms. The van der Waals surface area contributed by atoms with Gasteiger partial charge >= 0.3 is 0 Å². The second-order valence-electron chi connectivity index (χ2n) is 3.71. The number of nitrogens with zero attached hydrogens (tertiary/aromatic N) is 1. The second kappa shape index (κ2) is 4.49. The lowest BCUT2D eigenvalue weighted by Gasteiger charge is -2.08. The molecule has 2 N–H and O–H groups in total. The van der Waals surface area contributed by atoms with Crippen LogP contribution in [0.25, 0.3) is 0 Å². The summed E-state index contributed by atoms with van der Waals surface area (Å²) in [6, 6.07) is 1.49. The Labute approximate surface area is 97.9 Å². The number of pyridine rings is 1. The van der Waals surface area contributed by atoms with Crippen molar-refractivity contribution in [2.75, 3.05) is 11.5 Å². The molecule has 0 aliphatic heterocycles. The first-order valence-corrected chi connectivity index (χ1v) is 6.91. The number of rotatable bonds is 3. The molecule has 4 nitrogen and oxygen atoms in total. The van der Waals surface area contributed by atoms with Gasteiger partial charge < -0.3 is 5.73 Å². The number of hydrogen-bond acceptors (Lipinski definition) is 4. The quantitative estimate of drug-likeness (QED) is 0.923. The van der Waals surface area contributed by atoms with Crippen molar-refractivity contribution in [1.82, 2.24) is 4.98 Å². The Kier molecular flexibility index (Phi) is 3.72. The fourth-order valence-corrected chi connectivity index (χ4v) is 3.43. The third-order valence-corrected chi connectivity index (χ3v) is 4.27. The number of halogens is 1. The van der Waals surface area contributed by atoms with E-state index in [2.05, 4.69) is 20.9 Å². The Morgan fingerprint density at radius 2 is 2.13 bits per heavy atom. The highest BCUT2D eigenvalue weighted by Gasteiger charge is 2.20. The molecule has 1 aromatic heterocycles. The molecule has 15 heavy (non-hydrogen) atoms. The number of sulfone groups is 1. The second-order valence-corrected chi connectivity index (χ2v) is 6.63. The van der Waals surface area contributed by atoms with Gasteiger partial charge in [-0.15, -0.1) is 0 Å². The Hall–Kier alpha value is -0.620. The summed E-state index contributed by atoms with van der Waals surface area (Å²) in [5, 5.41) is 0. The van der Waals surface area contributed by atoms with E-state index in [1.54, 1.807) is 0 Å². The minimum atomic E-state index is -3.33. The topological polar surface area (TPSA) is 73.0 Å². The molecule has 84 valence electrons. The van der Waals surface area contributed by atoms with Crippen LogP contribution in [0.15, 0.2) is 21.6 Å². The van der Waals surface area contributed by atoms with E-state index in [0.29, 0.717) is 4.47 Å². The van der Waals surface area contributed by atoms with E-state index in [1.165, 1.54) is 12.3 Å². The van der Waals surface area contributed by atoms with E-state index >= 15 is 0 Å². The van der Waals surface area contributed by atoms with Gasteiger partial charge in [-0.05, 0) is 27.9 Å². The molecule has 0 radical (unpaired) electrons. The highest BCUT2D eigenvalue weighted by Crippen LogP contribution is 2.22. The van der Waals surface area contributed by atoms with Gasteiger partial charge in [0.15, 0.2) is 9.84 Å². The van der Waals surface area contributed by atoms with Gasteiger partial charge in [0.05, 0.1) is 5.75 Å². The van der Waals surface area contributed by atoms with Crippen molar-refractivity contribution in [3.05, 3.63) is 16.7 Å². The molecule has 1 rings (SSSR count). The van der Waals surface area contributed by atoms with Crippen LogP contribution < -0.4 is 5.73 Å². The smallest absolute Gasteiger partial charge is 0.182 e.